The predicted octanol–water partition coefficient (Wildman–Crippen LogP) is 1.81. The molecule has 12 nitrogen and oxygen atoms in total. The van der Waals surface area contributed by atoms with Gasteiger partial charge in [-0.15, -0.1) is 5.10 Å². The molecule has 13 heteroatoms. The van der Waals surface area contributed by atoms with Crippen LogP contribution in [0.3, 0.4) is 0 Å². The van der Waals surface area contributed by atoms with Gasteiger partial charge in [0.05, 0.1) is 22.8 Å². The molecule has 0 bridgehead atoms. The molecule has 0 spiro atoms. The van der Waals surface area contributed by atoms with Crippen LogP contribution in [0.5, 0.6) is 11.6 Å². The summed E-state index contributed by atoms with van der Waals surface area (Å²) in [4.78, 5) is 53.1. The molecule has 1 unspecified atom stereocenters. The quantitative estimate of drug-likeness (QED) is 0.368. The lowest BCUT2D eigenvalue weighted by molar-refractivity contribution is -0.125. The number of nitrogens with zero attached hydrogens (tertiary/aromatic N) is 7. The third kappa shape index (κ3) is 4.26. The van der Waals surface area contributed by atoms with E-state index < -0.39 is 10.9 Å². The number of aromatic nitrogens is 6. The third-order valence-corrected chi connectivity index (χ3v) is 7.46. The number of ether oxygens (including phenoxy) is 1. The van der Waals surface area contributed by atoms with Crippen molar-refractivity contribution in [1.82, 2.24) is 39.9 Å². The Morgan fingerprint density at radius 3 is 2.84 bits per heavy atom. The van der Waals surface area contributed by atoms with Crippen LogP contribution in [0.1, 0.15) is 17.4 Å². The van der Waals surface area contributed by atoms with Crippen LogP contribution in [0.4, 0.5) is 0 Å². The maximum atomic E-state index is 13.2. The number of hydrogen-bond donors (Lipinski definition) is 1. The van der Waals surface area contributed by atoms with E-state index >= 15 is 0 Å². The molecule has 1 N–H and O–H groups in total. The monoisotopic (exact) mass is 528 g/mol. The van der Waals surface area contributed by atoms with Crippen LogP contribution in [0.25, 0.3) is 16.7 Å². The summed E-state index contributed by atoms with van der Waals surface area (Å²) in [6.07, 6.45) is 6.51. The Hall–Kier alpha value is -4.65. The Balaban J connectivity index is 1.28. The number of thioether (sulfide) groups is 1. The molecule has 38 heavy (non-hydrogen) atoms. The molecule has 1 saturated heterocycles. The van der Waals surface area contributed by atoms with E-state index in [0.29, 0.717) is 58.6 Å². The van der Waals surface area contributed by atoms with Crippen molar-refractivity contribution in [3.05, 3.63) is 77.8 Å². The Kier molecular flexibility index (Phi) is 6.04. The molecule has 2 aliphatic heterocycles. The maximum Gasteiger partial charge on any atom is 0.354 e. The average molecular weight is 529 g/mol. The second-order valence-corrected chi connectivity index (χ2v) is 9.72. The molecule has 2 amide bonds. The Labute approximate surface area is 219 Å². The number of amides is 2. The van der Waals surface area contributed by atoms with Crippen LogP contribution in [-0.4, -0.2) is 65.6 Å². The van der Waals surface area contributed by atoms with Gasteiger partial charge < -0.3 is 15.0 Å². The minimum Gasteiger partial charge on any atom is -0.436 e. The molecule has 4 aromatic rings. The summed E-state index contributed by atoms with van der Waals surface area (Å²) in [7, 11) is 0. The molecule has 0 aromatic carbocycles. The first-order chi connectivity index (χ1) is 18.5. The Morgan fingerprint density at radius 1 is 1.18 bits per heavy atom. The predicted molar refractivity (Wildman–Crippen MR) is 137 cm³/mol. The van der Waals surface area contributed by atoms with E-state index in [4.69, 9.17) is 4.74 Å². The molecule has 6 heterocycles. The van der Waals surface area contributed by atoms with E-state index in [-0.39, 0.29) is 17.9 Å². The van der Waals surface area contributed by atoms with Crippen molar-refractivity contribution < 1.29 is 14.3 Å². The molecule has 0 saturated carbocycles. The van der Waals surface area contributed by atoms with Crippen molar-refractivity contribution in [3.63, 3.8) is 0 Å². The van der Waals surface area contributed by atoms with Crippen LogP contribution < -0.4 is 15.7 Å². The highest BCUT2D eigenvalue weighted by Crippen LogP contribution is 2.46. The van der Waals surface area contributed by atoms with Gasteiger partial charge in [-0.05, 0) is 36.8 Å². The number of rotatable bonds is 6. The molecule has 0 radical (unpaired) electrons. The summed E-state index contributed by atoms with van der Waals surface area (Å²) in [6.45, 7) is 4.47. The van der Waals surface area contributed by atoms with Gasteiger partial charge in [-0.1, -0.05) is 18.3 Å². The zero-order valence-corrected chi connectivity index (χ0v) is 20.7. The highest BCUT2D eigenvalue weighted by atomic mass is 32.2. The van der Waals surface area contributed by atoms with Crippen molar-refractivity contribution in [3.8, 4) is 17.4 Å². The number of carbonyl (C=O) groups is 2. The van der Waals surface area contributed by atoms with Crippen LogP contribution >= 0.6 is 11.8 Å². The van der Waals surface area contributed by atoms with Crippen molar-refractivity contribution in [2.75, 3.05) is 13.1 Å². The van der Waals surface area contributed by atoms with Gasteiger partial charge in [-0.3, -0.25) is 9.59 Å². The summed E-state index contributed by atoms with van der Waals surface area (Å²) >= 11 is 1.25. The molecule has 2 atom stereocenters. The lowest BCUT2D eigenvalue weighted by Gasteiger charge is -2.17. The summed E-state index contributed by atoms with van der Waals surface area (Å²) in [6, 6.07) is 8.18. The van der Waals surface area contributed by atoms with Gasteiger partial charge in [-0.2, -0.15) is 10.1 Å². The van der Waals surface area contributed by atoms with Gasteiger partial charge >= 0.3 is 5.69 Å². The van der Waals surface area contributed by atoms with Gasteiger partial charge in [0.15, 0.2) is 0 Å². The lowest BCUT2D eigenvalue weighted by Crippen LogP contribution is -2.40. The molecule has 6 rings (SSSR count). The fraction of sp³-hybridized carbons (Fsp3) is 0.200. The van der Waals surface area contributed by atoms with E-state index in [9.17, 15) is 14.4 Å². The number of likely N-dealkylation sites (tertiary alicyclic amines) is 1. The highest BCUT2D eigenvalue weighted by Gasteiger charge is 2.37. The van der Waals surface area contributed by atoms with Gasteiger partial charge in [0, 0.05) is 37.6 Å². The van der Waals surface area contributed by atoms with Crippen molar-refractivity contribution in [2.45, 2.75) is 22.7 Å². The smallest absolute Gasteiger partial charge is 0.354 e. The highest BCUT2D eigenvalue weighted by molar-refractivity contribution is 8.00. The minimum absolute atomic E-state index is 0.164. The number of carbonyl (C=O) groups excluding carboxylic acids is 2. The van der Waals surface area contributed by atoms with E-state index in [1.165, 1.54) is 28.6 Å². The fourth-order valence-corrected chi connectivity index (χ4v) is 5.66. The van der Waals surface area contributed by atoms with E-state index in [1.54, 1.807) is 47.6 Å². The first-order valence-electron chi connectivity index (χ1n) is 11.7. The van der Waals surface area contributed by atoms with Crippen molar-refractivity contribution in [1.29, 1.82) is 0 Å². The second-order valence-electron chi connectivity index (χ2n) is 8.62. The molecule has 2 aliphatic rings. The SMILES string of the molecule is C=CC(=O)N1CCC(NC(=O)[C@@H]2Sc3nccc4c3c2nc(=O)n4-c2ccc(Oc3cccnn3)cn2)C1. The zero-order chi connectivity index (χ0) is 26.2. The second kappa shape index (κ2) is 9.67. The number of hydrogen-bond acceptors (Lipinski definition) is 10. The zero-order valence-electron chi connectivity index (χ0n) is 19.9. The maximum absolute atomic E-state index is 13.2. The summed E-state index contributed by atoms with van der Waals surface area (Å²) in [5.74, 6) is 0.642. The third-order valence-electron chi connectivity index (χ3n) is 6.26. The fourth-order valence-electron chi connectivity index (χ4n) is 4.53. The first-order valence-corrected chi connectivity index (χ1v) is 12.6. The number of pyridine rings is 2. The summed E-state index contributed by atoms with van der Waals surface area (Å²) in [5, 5.41) is 11.2. The van der Waals surface area contributed by atoms with Gasteiger partial charge in [-0.25, -0.2) is 19.3 Å². The Morgan fingerprint density at radius 2 is 2.08 bits per heavy atom. The van der Waals surface area contributed by atoms with Gasteiger partial charge in [0.1, 0.15) is 21.8 Å². The van der Waals surface area contributed by atoms with E-state index in [2.05, 4.69) is 37.0 Å². The average Bonchev–Trinajstić information content (AvgIpc) is 3.55. The molecular formula is C25H20N8O4S. The number of nitrogens with one attached hydrogen (secondary N) is 1. The van der Waals surface area contributed by atoms with E-state index in [0.717, 1.165) is 0 Å². The molecule has 0 aliphatic carbocycles. The molecule has 1 fully saturated rings. The minimum atomic E-state index is -0.732. The summed E-state index contributed by atoms with van der Waals surface area (Å²) in [5.41, 5.74) is 0.349. The normalized spacial score (nSPS) is 17.9. The van der Waals surface area contributed by atoms with Crippen molar-refractivity contribution in [2.24, 2.45) is 0 Å². The standard InChI is InChI=1S/C25H20N8O4S/c1-2-19(34)32-11-8-14(13-32)29-23(35)22-21-20-16(7-10-26-24(20)38-22)33(25(36)30-21)17-6-5-15(12-27-17)37-18-4-3-9-28-31-18/h2-7,9-10,12,14,22H,1,8,11,13H2,(H,29,35)/t14?,22-/m1/s1. The largest absolute Gasteiger partial charge is 0.436 e. The Bertz CT molecular complexity index is 1630. The van der Waals surface area contributed by atoms with Gasteiger partial charge in [0.25, 0.3) is 0 Å². The van der Waals surface area contributed by atoms with Gasteiger partial charge in [0.2, 0.25) is 17.7 Å². The van der Waals surface area contributed by atoms with E-state index in [1.807, 2.05) is 0 Å². The lowest BCUT2D eigenvalue weighted by atomic mass is 10.1. The summed E-state index contributed by atoms with van der Waals surface area (Å²) < 4.78 is 7.01. The van der Waals surface area contributed by atoms with Crippen LogP contribution in [-0.2, 0) is 9.59 Å². The van der Waals surface area contributed by atoms with Crippen LogP contribution in [0.2, 0.25) is 0 Å². The van der Waals surface area contributed by atoms with Crippen LogP contribution in [0.15, 0.2) is 71.4 Å². The molecule has 4 aromatic heterocycles. The first kappa shape index (κ1) is 23.7. The molecular weight excluding hydrogens is 508 g/mol. The van der Waals surface area contributed by atoms with Crippen molar-refractivity contribution >= 4 is 34.5 Å². The molecule has 190 valence electrons. The van der Waals surface area contributed by atoms with Crippen LogP contribution in [0, 0.1) is 0 Å². The topological polar surface area (TPSA) is 145 Å².